The van der Waals surface area contributed by atoms with E-state index in [1.54, 1.807) is 20.3 Å². The predicted octanol–water partition coefficient (Wildman–Crippen LogP) is 5.82. The van der Waals surface area contributed by atoms with E-state index < -0.39 is 0 Å². The molecule has 0 atom stereocenters. The van der Waals surface area contributed by atoms with Crippen molar-refractivity contribution >= 4 is 33.8 Å². The number of aromatic nitrogens is 1. The first-order chi connectivity index (χ1) is 15.2. The van der Waals surface area contributed by atoms with Gasteiger partial charge >= 0.3 is 0 Å². The topological polar surface area (TPSA) is 72.5 Å². The standard InChI is InChI=1S/C24H21N3O3S/c1-29-19-13-11-17(12-14-19)26-24-27-21(16-7-4-3-5-8-16)22(31-24)23(28)25-18-9-6-10-20(15-18)30-2/h3-15H,1-2H3,(H,25,28)(H,26,27). The second kappa shape index (κ2) is 9.32. The van der Waals surface area contributed by atoms with Crippen molar-refractivity contribution in [1.82, 2.24) is 4.98 Å². The minimum absolute atomic E-state index is 0.229. The molecule has 0 aliphatic carbocycles. The van der Waals surface area contributed by atoms with E-state index in [4.69, 9.17) is 14.5 Å². The number of amides is 1. The lowest BCUT2D eigenvalue weighted by Crippen LogP contribution is -2.11. The molecule has 0 aliphatic rings. The summed E-state index contributed by atoms with van der Waals surface area (Å²) in [5.41, 5.74) is 3.01. The van der Waals surface area contributed by atoms with E-state index in [1.807, 2.05) is 72.8 Å². The largest absolute Gasteiger partial charge is 0.497 e. The fourth-order valence-electron chi connectivity index (χ4n) is 3.01. The zero-order valence-corrected chi connectivity index (χ0v) is 17.9. The van der Waals surface area contributed by atoms with Gasteiger partial charge in [-0.05, 0) is 36.4 Å². The van der Waals surface area contributed by atoms with Gasteiger partial charge in [0, 0.05) is 23.0 Å². The van der Waals surface area contributed by atoms with Crippen LogP contribution in [0.5, 0.6) is 11.5 Å². The molecule has 0 aliphatic heterocycles. The molecule has 0 spiro atoms. The van der Waals surface area contributed by atoms with Gasteiger partial charge in [-0.1, -0.05) is 47.7 Å². The number of nitrogens with zero attached hydrogens (tertiary/aromatic N) is 1. The summed E-state index contributed by atoms with van der Waals surface area (Å²) in [5, 5.41) is 6.84. The third-order valence-electron chi connectivity index (χ3n) is 4.55. The van der Waals surface area contributed by atoms with E-state index in [-0.39, 0.29) is 5.91 Å². The highest BCUT2D eigenvalue weighted by Crippen LogP contribution is 2.33. The van der Waals surface area contributed by atoms with Crippen molar-refractivity contribution in [2.45, 2.75) is 0 Å². The molecule has 4 rings (SSSR count). The van der Waals surface area contributed by atoms with E-state index in [2.05, 4.69) is 10.6 Å². The third-order valence-corrected chi connectivity index (χ3v) is 5.52. The number of anilines is 3. The van der Waals surface area contributed by atoms with Crippen LogP contribution in [0.2, 0.25) is 0 Å². The summed E-state index contributed by atoms with van der Waals surface area (Å²) in [4.78, 5) is 18.4. The maximum Gasteiger partial charge on any atom is 0.268 e. The molecule has 0 fully saturated rings. The molecule has 2 N–H and O–H groups in total. The van der Waals surface area contributed by atoms with Gasteiger partial charge in [-0.15, -0.1) is 0 Å². The fourth-order valence-corrected chi connectivity index (χ4v) is 3.91. The molecule has 0 unspecified atom stereocenters. The first kappa shape index (κ1) is 20.4. The minimum Gasteiger partial charge on any atom is -0.497 e. The number of methoxy groups -OCH3 is 2. The first-order valence-corrected chi connectivity index (χ1v) is 10.4. The van der Waals surface area contributed by atoms with Crippen molar-refractivity contribution in [3.63, 3.8) is 0 Å². The molecule has 1 heterocycles. The van der Waals surface area contributed by atoms with Crippen molar-refractivity contribution in [3.8, 4) is 22.8 Å². The third kappa shape index (κ3) is 4.84. The Kier molecular flexibility index (Phi) is 6.14. The number of benzene rings is 3. The second-order valence-corrected chi connectivity index (χ2v) is 7.60. The number of nitrogens with one attached hydrogen (secondary N) is 2. The SMILES string of the molecule is COc1ccc(Nc2nc(-c3ccccc3)c(C(=O)Nc3cccc(OC)c3)s2)cc1. The Balaban J connectivity index is 1.65. The summed E-state index contributed by atoms with van der Waals surface area (Å²) in [7, 11) is 3.22. The van der Waals surface area contributed by atoms with E-state index >= 15 is 0 Å². The van der Waals surface area contributed by atoms with E-state index in [0.717, 1.165) is 17.0 Å². The molecular formula is C24H21N3O3S. The number of hydrogen-bond donors (Lipinski definition) is 2. The van der Waals surface area contributed by atoms with Crippen LogP contribution in [0, 0.1) is 0 Å². The van der Waals surface area contributed by atoms with Gasteiger partial charge in [0.15, 0.2) is 5.13 Å². The van der Waals surface area contributed by atoms with Gasteiger partial charge in [0.2, 0.25) is 0 Å². The van der Waals surface area contributed by atoms with Crippen LogP contribution >= 0.6 is 11.3 Å². The number of ether oxygens (including phenoxy) is 2. The molecule has 4 aromatic rings. The summed E-state index contributed by atoms with van der Waals surface area (Å²) in [6, 6.07) is 24.4. The normalized spacial score (nSPS) is 10.4. The van der Waals surface area contributed by atoms with Crippen LogP contribution in [-0.2, 0) is 0 Å². The first-order valence-electron chi connectivity index (χ1n) is 9.59. The molecule has 156 valence electrons. The van der Waals surface area contributed by atoms with Gasteiger partial charge in [-0.2, -0.15) is 0 Å². The fraction of sp³-hybridized carbons (Fsp3) is 0.0833. The average molecular weight is 432 g/mol. The quantitative estimate of drug-likeness (QED) is 0.386. The molecule has 7 heteroatoms. The highest BCUT2D eigenvalue weighted by Gasteiger charge is 2.20. The Labute approximate surface area is 184 Å². The van der Waals surface area contributed by atoms with Gasteiger partial charge in [0.1, 0.15) is 16.4 Å². The molecule has 1 amide bonds. The molecule has 3 aromatic carbocycles. The van der Waals surface area contributed by atoms with Crippen molar-refractivity contribution in [2.75, 3.05) is 24.9 Å². The van der Waals surface area contributed by atoms with Crippen molar-refractivity contribution in [3.05, 3.63) is 83.7 Å². The summed E-state index contributed by atoms with van der Waals surface area (Å²) in [6.07, 6.45) is 0. The lowest BCUT2D eigenvalue weighted by atomic mass is 10.1. The maximum absolute atomic E-state index is 13.1. The molecule has 0 saturated heterocycles. The van der Waals surface area contributed by atoms with Crippen LogP contribution in [0.4, 0.5) is 16.5 Å². The van der Waals surface area contributed by atoms with Crippen LogP contribution in [0.25, 0.3) is 11.3 Å². The zero-order valence-electron chi connectivity index (χ0n) is 17.1. The smallest absolute Gasteiger partial charge is 0.268 e. The number of carbonyl (C=O) groups excluding carboxylic acids is 1. The van der Waals surface area contributed by atoms with E-state index in [0.29, 0.717) is 27.1 Å². The molecule has 0 bridgehead atoms. The molecule has 1 aromatic heterocycles. The van der Waals surface area contributed by atoms with Crippen LogP contribution in [0.15, 0.2) is 78.9 Å². The lowest BCUT2D eigenvalue weighted by Gasteiger charge is -2.07. The lowest BCUT2D eigenvalue weighted by molar-refractivity contribution is 0.103. The van der Waals surface area contributed by atoms with Gasteiger partial charge in [0.05, 0.1) is 19.9 Å². The van der Waals surface area contributed by atoms with Gasteiger partial charge in [0.25, 0.3) is 5.91 Å². The molecule has 0 radical (unpaired) electrons. The Morgan fingerprint density at radius 1 is 0.839 bits per heavy atom. The van der Waals surface area contributed by atoms with Crippen molar-refractivity contribution in [1.29, 1.82) is 0 Å². The Hall–Kier alpha value is -3.84. The highest BCUT2D eigenvalue weighted by molar-refractivity contribution is 7.18. The van der Waals surface area contributed by atoms with Gasteiger partial charge in [-0.25, -0.2) is 4.98 Å². The molecule has 6 nitrogen and oxygen atoms in total. The molecule has 0 saturated carbocycles. The van der Waals surface area contributed by atoms with Crippen molar-refractivity contribution in [2.24, 2.45) is 0 Å². The Bertz CT molecular complexity index is 1170. The van der Waals surface area contributed by atoms with Crippen LogP contribution in [-0.4, -0.2) is 25.1 Å². The van der Waals surface area contributed by atoms with Gasteiger partial charge in [-0.3, -0.25) is 4.79 Å². The average Bonchev–Trinajstić information content (AvgIpc) is 3.24. The van der Waals surface area contributed by atoms with Crippen LogP contribution < -0.4 is 20.1 Å². The summed E-state index contributed by atoms with van der Waals surface area (Å²) < 4.78 is 10.4. The Morgan fingerprint density at radius 3 is 2.29 bits per heavy atom. The predicted molar refractivity (Wildman–Crippen MR) is 125 cm³/mol. The van der Waals surface area contributed by atoms with Crippen LogP contribution in [0.1, 0.15) is 9.67 Å². The number of rotatable bonds is 7. The summed E-state index contributed by atoms with van der Waals surface area (Å²) in [6.45, 7) is 0. The molecular weight excluding hydrogens is 410 g/mol. The van der Waals surface area contributed by atoms with E-state index in [9.17, 15) is 4.79 Å². The van der Waals surface area contributed by atoms with Crippen LogP contribution in [0.3, 0.4) is 0 Å². The summed E-state index contributed by atoms with van der Waals surface area (Å²) >= 11 is 1.30. The number of thiazole rings is 1. The van der Waals surface area contributed by atoms with Gasteiger partial charge < -0.3 is 20.1 Å². The van der Waals surface area contributed by atoms with Crippen molar-refractivity contribution < 1.29 is 14.3 Å². The summed E-state index contributed by atoms with van der Waals surface area (Å²) in [5.74, 6) is 1.22. The number of carbonyl (C=O) groups is 1. The number of hydrogen-bond acceptors (Lipinski definition) is 6. The second-order valence-electron chi connectivity index (χ2n) is 6.60. The highest BCUT2D eigenvalue weighted by atomic mass is 32.1. The Morgan fingerprint density at radius 2 is 1.58 bits per heavy atom. The monoisotopic (exact) mass is 431 g/mol. The minimum atomic E-state index is -0.229. The van der Waals surface area contributed by atoms with E-state index in [1.165, 1.54) is 11.3 Å². The maximum atomic E-state index is 13.1. The zero-order chi connectivity index (χ0) is 21.6. The molecule has 31 heavy (non-hydrogen) atoms.